The molecule has 1 rings (SSSR count). The summed E-state index contributed by atoms with van der Waals surface area (Å²) >= 11 is 5.86. The molecule has 0 radical (unpaired) electrons. The van der Waals surface area contributed by atoms with Gasteiger partial charge in [0, 0.05) is 11.6 Å². The van der Waals surface area contributed by atoms with Crippen LogP contribution in [0.1, 0.15) is 27.7 Å². The summed E-state index contributed by atoms with van der Waals surface area (Å²) in [5, 5.41) is 12.1. The highest BCUT2D eigenvalue weighted by Crippen LogP contribution is 2.22. The Labute approximate surface area is 129 Å². The van der Waals surface area contributed by atoms with Crippen LogP contribution in [0.5, 0.6) is 5.75 Å². The number of carboxylic acids is 1. The van der Waals surface area contributed by atoms with Crippen LogP contribution in [-0.4, -0.2) is 29.1 Å². The molecule has 116 valence electrons. The van der Waals surface area contributed by atoms with Crippen molar-refractivity contribution in [2.75, 3.05) is 6.54 Å². The van der Waals surface area contributed by atoms with Crippen molar-refractivity contribution in [3.8, 4) is 5.75 Å². The minimum atomic E-state index is -1.14. The van der Waals surface area contributed by atoms with Crippen LogP contribution in [0.4, 0.5) is 0 Å². The Balaban J connectivity index is 2.69. The van der Waals surface area contributed by atoms with Crippen LogP contribution in [0.15, 0.2) is 24.3 Å². The van der Waals surface area contributed by atoms with Gasteiger partial charge in [0.2, 0.25) is 0 Å². The molecule has 0 aliphatic rings. The van der Waals surface area contributed by atoms with Gasteiger partial charge in [-0.3, -0.25) is 9.59 Å². The first-order valence-corrected chi connectivity index (χ1v) is 6.89. The van der Waals surface area contributed by atoms with Crippen LogP contribution in [0.2, 0.25) is 5.02 Å². The fourth-order valence-electron chi connectivity index (χ4n) is 1.46. The third-order valence-electron chi connectivity index (χ3n) is 2.99. The Morgan fingerprint density at radius 1 is 1.29 bits per heavy atom. The molecule has 21 heavy (non-hydrogen) atoms. The summed E-state index contributed by atoms with van der Waals surface area (Å²) in [4.78, 5) is 23.2. The molecule has 1 aromatic rings. The summed E-state index contributed by atoms with van der Waals surface area (Å²) in [5.74, 6) is -0.895. The van der Waals surface area contributed by atoms with E-state index >= 15 is 0 Å². The molecule has 1 amide bonds. The zero-order chi connectivity index (χ0) is 16.3. The lowest BCUT2D eigenvalue weighted by atomic mass is 9.93. The smallest absolute Gasteiger partial charge is 0.310 e. The van der Waals surface area contributed by atoms with Crippen LogP contribution < -0.4 is 10.1 Å². The normalized spacial score (nSPS) is 11.9. The second kappa shape index (κ2) is 6.35. The second-order valence-electron chi connectivity index (χ2n) is 5.94. The van der Waals surface area contributed by atoms with Gasteiger partial charge < -0.3 is 15.2 Å². The number of hydrogen-bond acceptors (Lipinski definition) is 3. The molecule has 0 atom stereocenters. The molecule has 0 aromatic heterocycles. The van der Waals surface area contributed by atoms with E-state index in [1.807, 2.05) is 0 Å². The first kappa shape index (κ1) is 17.3. The Kier molecular flexibility index (Phi) is 5.23. The van der Waals surface area contributed by atoms with E-state index in [1.165, 1.54) is 0 Å². The molecule has 0 spiro atoms. The Morgan fingerprint density at radius 3 is 2.43 bits per heavy atom. The fourth-order valence-corrected chi connectivity index (χ4v) is 1.64. The van der Waals surface area contributed by atoms with E-state index < -0.39 is 22.9 Å². The van der Waals surface area contributed by atoms with E-state index in [9.17, 15) is 9.59 Å². The quantitative estimate of drug-likeness (QED) is 0.846. The van der Waals surface area contributed by atoms with E-state index in [0.29, 0.717) is 10.8 Å². The molecule has 0 aliphatic heterocycles. The number of aliphatic carboxylic acids is 1. The highest BCUT2D eigenvalue weighted by molar-refractivity contribution is 6.30. The predicted octanol–water partition coefficient (Wildman–Crippen LogP) is 2.72. The third kappa shape index (κ3) is 4.93. The van der Waals surface area contributed by atoms with E-state index in [4.69, 9.17) is 21.4 Å². The summed E-state index contributed by atoms with van der Waals surface area (Å²) in [6.45, 7) is 6.32. The van der Waals surface area contributed by atoms with Crippen molar-refractivity contribution in [3.63, 3.8) is 0 Å². The monoisotopic (exact) mass is 313 g/mol. The molecule has 0 aliphatic carbocycles. The predicted molar refractivity (Wildman–Crippen MR) is 80.6 cm³/mol. The second-order valence-corrected chi connectivity index (χ2v) is 6.38. The first-order valence-electron chi connectivity index (χ1n) is 6.51. The Hall–Kier alpha value is -1.75. The molecule has 0 bridgehead atoms. The number of carbonyl (C=O) groups excluding carboxylic acids is 1. The number of carbonyl (C=O) groups is 2. The van der Waals surface area contributed by atoms with Crippen LogP contribution in [0.25, 0.3) is 0 Å². The lowest BCUT2D eigenvalue weighted by Crippen LogP contribution is -2.50. The molecule has 0 fully saturated rings. The molecular formula is C15H20ClNO4. The van der Waals surface area contributed by atoms with Gasteiger partial charge in [-0.05, 0) is 45.9 Å². The summed E-state index contributed by atoms with van der Waals surface area (Å²) in [6.07, 6.45) is 0. The number of halogens is 1. The molecule has 2 N–H and O–H groups in total. The van der Waals surface area contributed by atoms with Gasteiger partial charge in [0.15, 0.2) is 5.60 Å². The third-order valence-corrected chi connectivity index (χ3v) is 3.22. The number of nitrogens with one attached hydrogen (secondary N) is 1. The first-order chi connectivity index (χ1) is 9.54. The molecule has 5 nitrogen and oxygen atoms in total. The van der Waals surface area contributed by atoms with Crippen molar-refractivity contribution in [3.05, 3.63) is 29.3 Å². The van der Waals surface area contributed by atoms with Crippen LogP contribution in [0.3, 0.4) is 0 Å². The number of rotatable bonds is 6. The van der Waals surface area contributed by atoms with E-state index in [0.717, 1.165) is 0 Å². The van der Waals surface area contributed by atoms with Gasteiger partial charge in [0.05, 0.1) is 5.41 Å². The highest BCUT2D eigenvalue weighted by atomic mass is 35.5. The number of benzene rings is 1. The topological polar surface area (TPSA) is 75.6 Å². The summed E-state index contributed by atoms with van der Waals surface area (Å²) in [7, 11) is 0. The fraction of sp³-hybridized carbons (Fsp3) is 0.467. The van der Waals surface area contributed by atoms with Crippen LogP contribution >= 0.6 is 11.6 Å². The maximum absolute atomic E-state index is 12.2. The molecule has 0 unspecified atom stereocenters. The molecule has 0 heterocycles. The minimum absolute atomic E-state index is 0.0174. The van der Waals surface area contributed by atoms with E-state index in [-0.39, 0.29) is 6.54 Å². The Morgan fingerprint density at radius 2 is 1.90 bits per heavy atom. The Bertz CT molecular complexity index is 540. The molecule has 1 aromatic carbocycles. The van der Waals surface area contributed by atoms with Gasteiger partial charge in [-0.25, -0.2) is 0 Å². The zero-order valence-corrected chi connectivity index (χ0v) is 13.3. The van der Waals surface area contributed by atoms with E-state index in [2.05, 4.69) is 5.32 Å². The summed E-state index contributed by atoms with van der Waals surface area (Å²) in [6, 6.07) is 6.73. The van der Waals surface area contributed by atoms with Gasteiger partial charge in [-0.1, -0.05) is 17.7 Å². The van der Waals surface area contributed by atoms with Crippen molar-refractivity contribution in [2.45, 2.75) is 33.3 Å². The maximum atomic E-state index is 12.2. The number of ether oxygens (including phenoxy) is 1. The van der Waals surface area contributed by atoms with Gasteiger partial charge in [0.25, 0.3) is 5.91 Å². The average Bonchev–Trinajstić information content (AvgIpc) is 2.35. The standard InChI is InChI=1S/C15H20ClNO4/c1-14(2,13(19)20)9-17-12(18)15(3,4)21-11-7-5-6-10(16)8-11/h5-8H,9H2,1-4H3,(H,17,18)(H,19,20). The SMILES string of the molecule is CC(C)(CNC(=O)C(C)(C)Oc1cccc(Cl)c1)C(=O)O. The average molecular weight is 314 g/mol. The van der Waals surface area contributed by atoms with Crippen molar-refractivity contribution in [1.82, 2.24) is 5.32 Å². The van der Waals surface area contributed by atoms with E-state index in [1.54, 1.807) is 52.0 Å². The van der Waals surface area contributed by atoms with Crippen molar-refractivity contribution in [2.24, 2.45) is 5.41 Å². The van der Waals surface area contributed by atoms with Crippen LogP contribution in [0, 0.1) is 5.41 Å². The van der Waals surface area contributed by atoms with Crippen LogP contribution in [-0.2, 0) is 9.59 Å². The number of amides is 1. The van der Waals surface area contributed by atoms with Crippen molar-refractivity contribution < 1.29 is 19.4 Å². The largest absolute Gasteiger partial charge is 0.481 e. The van der Waals surface area contributed by atoms with Gasteiger partial charge in [0.1, 0.15) is 5.75 Å². The summed E-state index contributed by atoms with van der Waals surface area (Å²) in [5.41, 5.74) is -2.18. The van der Waals surface area contributed by atoms with Gasteiger partial charge in [-0.15, -0.1) is 0 Å². The number of hydrogen-bond donors (Lipinski definition) is 2. The minimum Gasteiger partial charge on any atom is -0.481 e. The molecular weight excluding hydrogens is 294 g/mol. The summed E-state index contributed by atoms with van der Waals surface area (Å²) < 4.78 is 5.63. The lowest BCUT2D eigenvalue weighted by Gasteiger charge is -2.27. The zero-order valence-electron chi connectivity index (χ0n) is 12.6. The van der Waals surface area contributed by atoms with Crippen molar-refractivity contribution in [1.29, 1.82) is 0 Å². The van der Waals surface area contributed by atoms with Gasteiger partial charge >= 0.3 is 5.97 Å². The number of carboxylic acid groups (broad SMARTS) is 1. The molecule has 0 saturated carbocycles. The molecule has 0 saturated heterocycles. The molecule has 6 heteroatoms. The van der Waals surface area contributed by atoms with Gasteiger partial charge in [-0.2, -0.15) is 0 Å². The highest BCUT2D eigenvalue weighted by Gasteiger charge is 2.33. The maximum Gasteiger partial charge on any atom is 0.310 e. The van der Waals surface area contributed by atoms with Crippen molar-refractivity contribution >= 4 is 23.5 Å². The lowest BCUT2D eigenvalue weighted by molar-refractivity contribution is -0.147.